The Morgan fingerprint density at radius 2 is 2.08 bits per heavy atom. The summed E-state index contributed by atoms with van der Waals surface area (Å²) in [7, 11) is 0. The Morgan fingerprint density at radius 3 is 2.80 bits per heavy atom. The van der Waals surface area contributed by atoms with E-state index in [1.54, 1.807) is 19.1 Å². The fourth-order valence-corrected chi connectivity index (χ4v) is 2.31. The average molecular weight is 371 g/mol. The van der Waals surface area contributed by atoms with Gasteiger partial charge in [0.15, 0.2) is 0 Å². The summed E-state index contributed by atoms with van der Waals surface area (Å²) in [4.78, 5) is 16.1. The van der Waals surface area contributed by atoms with Gasteiger partial charge in [-0.2, -0.15) is 4.98 Å². The third-order valence-corrected chi connectivity index (χ3v) is 3.63. The summed E-state index contributed by atoms with van der Waals surface area (Å²) < 4.78 is 18.4. The number of carbonyl (C=O) groups is 1. The fourth-order valence-electron chi connectivity index (χ4n) is 2.31. The first-order chi connectivity index (χ1) is 11.6. The first-order valence-electron chi connectivity index (χ1n) is 8.19. The molecule has 0 saturated heterocycles. The second kappa shape index (κ2) is 10.8. The number of nitrogens with zero attached hydrogens (tertiary/aromatic N) is 2. The van der Waals surface area contributed by atoms with Crippen LogP contribution in [0.3, 0.4) is 0 Å². The molecule has 2 aromatic rings. The van der Waals surface area contributed by atoms with Gasteiger partial charge in [-0.15, -0.1) is 12.4 Å². The number of halogens is 2. The zero-order valence-corrected chi connectivity index (χ0v) is 15.0. The number of benzene rings is 1. The minimum atomic E-state index is -0.392. The monoisotopic (exact) mass is 370 g/mol. The molecule has 0 fully saturated rings. The van der Waals surface area contributed by atoms with Crippen LogP contribution in [0.4, 0.5) is 4.39 Å². The quantitative estimate of drug-likeness (QED) is 0.660. The number of hydrogen-bond acceptors (Lipinski definition) is 5. The topological polar surface area (TPSA) is 94.0 Å². The third-order valence-electron chi connectivity index (χ3n) is 3.63. The van der Waals surface area contributed by atoms with Crippen LogP contribution in [-0.4, -0.2) is 22.6 Å². The van der Waals surface area contributed by atoms with E-state index in [9.17, 15) is 9.18 Å². The Balaban J connectivity index is 0.00000312. The van der Waals surface area contributed by atoms with E-state index in [-0.39, 0.29) is 24.1 Å². The van der Waals surface area contributed by atoms with Crippen LogP contribution in [0.15, 0.2) is 28.8 Å². The summed E-state index contributed by atoms with van der Waals surface area (Å²) in [5.41, 5.74) is 5.96. The third kappa shape index (κ3) is 6.80. The number of unbranched alkanes of at least 4 members (excludes halogenated alkanes) is 3. The molecule has 1 aromatic carbocycles. The SMILES string of the molecule is CC(NC(=O)CCCCCCN)c1nc(-c2cccc(F)c2)no1.Cl. The predicted octanol–water partition coefficient (Wildman–Crippen LogP) is 3.38. The van der Waals surface area contributed by atoms with E-state index < -0.39 is 6.04 Å². The van der Waals surface area contributed by atoms with E-state index >= 15 is 0 Å². The molecule has 0 spiro atoms. The van der Waals surface area contributed by atoms with Gasteiger partial charge < -0.3 is 15.6 Å². The van der Waals surface area contributed by atoms with Crippen molar-refractivity contribution in [1.82, 2.24) is 15.5 Å². The van der Waals surface area contributed by atoms with E-state index in [1.807, 2.05) is 0 Å². The van der Waals surface area contributed by atoms with Crippen LogP contribution in [0.2, 0.25) is 0 Å². The Hall–Kier alpha value is -1.99. The highest BCUT2D eigenvalue weighted by molar-refractivity contribution is 5.85. The zero-order valence-electron chi connectivity index (χ0n) is 14.2. The highest BCUT2D eigenvalue weighted by atomic mass is 35.5. The second-order valence-corrected chi connectivity index (χ2v) is 5.71. The molecule has 0 aliphatic heterocycles. The molecule has 25 heavy (non-hydrogen) atoms. The van der Waals surface area contributed by atoms with Crippen molar-refractivity contribution in [2.24, 2.45) is 5.73 Å². The molecule has 0 bridgehead atoms. The van der Waals surface area contributed by atoms with Gasteiger partial charge in [0, 0.05) is 12.0 Å². The van der Waals surface area contributed by atoms with Gasteiger partial charge in [0.05, 0.1) is 0 Å². The van der Waals surface area contributed by atoms with Gasteiger partial charge in [0.2, 0.25) is 17.6 Å². The smallest absolute Gasteiger partial charge is 0.249 e. The van der Waals surface area contributed by atoms with Crippen LogP contribution in [0, 0.1) is 5.82 Å². The molecular formula is C17H24ClFN4O2. The fraction of sp³-hybridized carbons (Fsp3) is 0.471. The number of nitrogens with one attached hydrogen (secondary N) is 1. The molecule has 1 atom stereocenters. The van der Waals surface area contributed by atoms with Crippen molar-refractivity contribution in [3.05, 3.63) is 36.0 Å². The Labute approximate surface area is 152 Å². The van der Waals surface area contributed by atoms with Crippen molar-refractivity contribution >= 4 is 18.3 Å². The molecule has 8 heteroatoms. The molecule has 6 nitrogen and oxygen atoms in total. The van der Waals surface area contributed by atoms with Crippen molar-refractivity contribution in [2.75, 3.05) is 6.54 Å². The lowest BCUT2D eigenvalue weighted by Crippen LogP contribution is -2.26. The van der Waals surface area contributed by atoms with Gasteiger partial charge >= 0.3 is 0 Å². The number of aromatic nitrogens is 2. The van der Waals surface area contributed by atoms with Crippen molar-refractivity contribution in [2.45, 2.75) is 45.1 Å². The molecule has 0 aliphatic carbocycles. The maximum atomic E-state index is 13.2. The summed E-state index contributed by atoms with van der Waals surface area (Å²) in [5, 5.41) is 6.67. The van der Waals surface area contributed by atoms with Crippen molar-refractivity contribution < 1.29 is 13.7 Å². The number of nitrogens with two attached hydrogens (primary N) is 1. The standard InChI is InChI=1S/C17H23FN4O2.ClH/c1-12(20-15(23)9-4-2-3-5-10-19)17-21-16(22-24-17)13-7-6-8-14(18)11-13;/h6-8,11-12H,2-5,9-10,19H2,1H3,(H,20,23);1H. The molecule has 1 heterocycles. The molecule has 1 aromatic heterocycles. The van der Waals surface area contributed by atoms with Crippen molar-refractivity contribution in [1.29, 1.82) is 0 Å². The maximum absolute atomic E-state index is 13.2. The van der Waals surface area contributed by atoms with E-state index in [0.29, 0.717) is 30.2 Å². The molecule has 0 radical (unpaired) electrons. The average Bonchev–Trinajstić information content (AvgIpc) is 3.05. The molecular weight excluding hydrogens is 347 g/mol. The highest BCUT2D eigenvalue weighted by Crippen LogP contribution is 2.19. The van der Waals surface area contributed by atoms with Crippen LogP contribution in [0.1, 0.15) is 51.0 Å². The Bertz CT molecular complexity index is 666. The molecule has 3 N–H and O–H groups in total. The largest absolute Gasteiger partial charge is 0.345 e. The molecule has 1 amide bonds. The summed E-state index contributed by atoms with van der Waals surface area (Å²) in [6.07, 6.45) is 4.31. The van der Waals surface area contributed by atoms with Crippen LogP contribution < -0.4 is 11.1 Å². The van der Waals surface area contributed by atoms with E-state index in [2.05, 4.69) is 15.5 Å². The summed E-state index contributed by atoms with van der Waals surface area (Å²) >= 11 is 0. The number of rotatable bonds is 9. The second-order valence-electron chi connectivity index (χ2n) is 5.71. The van der Waals surface area contributed by atoms with Crippen LogP contribution in [0.5, 0.6) is 0 Å². The number of carbonyl (C=O) groups excluding carboxylic acids is 1. The van der Waals surface area contributed by atoms with Crippen molar-refractivity contribution in [3.63, 3.8) is 0 Å². The van der Waals surface area contributed by atoms with E-state index in [0.717, 1.165) is 25.7 Å². The van der Waals surface area contributed by atoms with Crippen LogP contribution >= 0.6 is 12.4 Å². The lowest BCUT2D eigenvalue weighted by Gasteiger charge is -2.09. The summed E-state index contributed by atoms with van der Waals surface area (Å²) in [5.74, 6) is 0.175. The normalized spacial score (nSPS) is 11.6. The minimum Gasteiger partial charge on any atom is -0.345 e. The molecule has 0 aliphatic rings. The van der Waals surface area contributed by atoms with E-state index in [4.69, 9.17) is 10.3 Å². The van der Waals surface area contributed by atoms with Gasteiger partial charge in [-0.25, -0.2) is 4.39 Å². The van der Waals surface area contributed by atoms with E-state index in [1.165, 1.54) is 12.1 Å². The molecule has 2 rings (SSSR count). The summed E-state index contributed by atoms with van der Waals surface area (Å²) in [6.45, 7) is 2.46. The molecule has 1 unspecified atom stereocenters. The lowest BCUT2D eigenvalue weighted by molar-refractivity contribution is -0.122. The van der Waals surface area contributed by atoms with Crippen LogP contribution in [0.25, 0.3) is 11.4 Å². The van der Waals surface area contributed by atoms with Gasteiger partial charge in [-0.3, -0.25) is 4.79 Å². The van der Waals surface area contributed by atoms with Gasteiger partial charge in [0.1, 0.15) is 11.9 Å². The Kier molecular flexibility index (Phi) is 9.08. The van der Waals surface area contributed by atoms with Crippen LogP contribution in [-0.2, 0) is 4.79 Å². The first kappa shape index (κ1) is 21.1. The van der Waals surface area contributed by atoms with Gasteiger partial charge in [-0.05, 0) is 38.4 Å². The number of amides is 1. The van der Waals surface area contributed by atoms with Gasteiger partial charge in [0.25, 0.3) is 0 Å². The number of hydrogen-bond donors (Lipinski definition) is 2. The molecule has 138 valence electrons. The molecule has 0 saturated carbocycles. The first-order valence-corrected chi connectivity index (χ1v) is 8.19. The highest BCUT2D eigenvalue weighted by Gasteiger charge is 2.17. The minimum absolute atomic E-state index is 0. The summed E-state index contributed by atoms with van der Waals surface area (Å²) in [6, 6.07) is 5.57. The van der Waals surface area contributed by atoms with Gasteiger partial charge in [-0.1, -0.05) is 30.1 Å². The Morgan fingerprint density at radius 1 is 1.32 bits per heavy atom. The zero-order chi connectivity index (χ0) is 17.4. The van der Waals surface area contributed by atoms with Crippen molar-refractivity contribution in [3.8, 4) is 11.4 Å². The predicted molar refractivity (Wildman–Crippen MR) is 95.6 cm³/mol. The lowest BCUT2D eigenvalue weighted by atomic mass is 10.1. The maximum Gasteiger partial charge on any atom is 0.249 e.